The molecule has 0 aromatic rings. The molecule has 0 aliphatic carbocycles. The van der Waals surface area contributed by atoms with Crippen LogP contribution in [0.2, 0.25) is 0 Å². The van der Waals surface area contributed by atoms with Gasteiger partial charge in [-0.3, -0.25) is 4.79 Å². The molecule has 1 aliphatic rings. The van der Waals surface area contributed by atoms with Crippen LogP contribution in [0.4, 0.5) is 0 Å². The van der Waals surface area contributed by atoms with Gasteiger partial charge in [0.2, 0.25) is 5.91 Å². The van der Waals surface area contributed by atoms with Gasteiger partial charge in [0.25, 0.3) is 0 Å². The Morgan fingerprint density at radius 1 is 1.53 bits per heavy atom. The molecule has 1 fully saturated rings. The van der Waals surface area contributed by atoms with Gasteiger partial charge in [0.1, 0.15) is 6.61 Å². The van der Waals surface area contributed by atoms with Gasteiger partial charge in [-0.2, -0.15) is 0 Å². The molecule has 0 bridgehead atoms. The smallest absolute Gasteiger partial charge is 0.246 e. The van der Waals surface area contributed by atoms with Crippen molar-refractivity contribution in [3.63, 3.8) is 0 Å². The van der Waals surface area contributed by atoms with E-state index in [1.165, 1.54) is 0 Å². The largest absolute Gasteiger partial charge is 0.372 e. The normalized spacial score (nSPS) is 26.3. The summed E-state index contributed by atoms with van der Waals surface area (Å²) in [4.78, 5) is 11.4. The monoisotopic (exact) mass is 214 g/mol. The Labute approximate surface area is 91.8 Å². The molecular formula is C11H22N2O2. The van der Waals surface area contributed by atoms with Crippen molar-refractivity contribution in [1.29, 1.82) is 0 Å². The maximum atomic E-state index is 11.4. The molecule has 1 heterocycles. The van der Waals surface area contributed by atoms with E-state index in [9.17, 15) is 4.79 Å². The summed E-state index contributed by atoms with van der Waals surface area (Å²) in [6.07, 6.45) is 2.02. The first-order chi connectivity index (χ1) is 7.22. The Morgan fingerprint density at radius 2 is 2.33 bits per heavy atom. The third kappa shape index (κ3) is 5.14. The van der Waals surface area contributed by atoms with Gasteiger partial charge in [0.15, 0.2) is 0 Å². The highest BCUT2D eigenvalue weighted by molar-refractivity contribution is 5.77. The standard InChI is InChI=1S/C11H22N2O2/c1-3-4-15-8-11(14)13-10-5-9(2)6-12-7-10/h9-10,12H,3-8H2,1-2H3,(H,13,14). The van der Waals surface area contributed by atoms with Crippen LogP contribution in [-0.4, -0.2) is 38.3 Å². The van der Waals surface area contributed by atoms with E-state index in [-0.39, 0.29) is 18.6 Å². The third-order valence-electron chi connectivity index (χ3n) is 2.52. The highest BCUT2D eigenvalue weighted by atomic mass is 16.5. The van der Waals surface area contributed by atoms with E-state index in [1.54, 1.807) is 0 Å². The fourth-order valence-electron chi connectivity index (χ4n) is 1.84. The molecular weight excluding hydrogens is 192 g/mol. The van der Waals surface area contributed by atoms with E-state index in [2.05, 4.69) is 17.6 Å². The predicted molar refractivity (Wildman–Crippen MR) is 59.7 cm³/mol. The Balaban J connectivity index is 2.13. The zero-order valence-electron chi connectivity index (χ0n) is 9.71. The van der Waals surface area contributed by atoms with Gasteiger partial charge in [-0.1, -0.05) is 13.8 Å². The summed E-state index contributed by atoms with van der Waals surface area (Å²) in [6, 6.07) is 0.270. The number of amides is 1. The minimum atomic E-state index is 0.00403. The summed E-state index contributed by atoms with van der Waals surface area (Å²) in [7, 11) is 0. The van der Waals surface area contributed by atoms with Gasteiger partial charge in [-0.15, -0.1) is 0 Å². The molecule has 0 spiro atoms. The number of hydrogen-bond donors (Lipinski definition) is 2. The summed E-state index contributed by atoms with van der Waals surface area (Å²) in [5.74, 6) is 0.643. The first-order valence-corrected chi connectivity index (χ1v) is 5.80. The molecule has 15 heavy (non-hydrogen) atoms. The second kappa shape index (κ2) is 6.80. The van der Waals surface area contributed by atoms with Gasteiger partial charge < -0.3 is 15.4 Å². The number of hydrogen-bond acceptors (Lipinski definition) is 3. The number of ether oxygens (including phenoxy) is 1. The van der Waals surface area contributed by atoms with Crippen LogP contribution in [0.1, 0.15) is 26.7 Å². The molecule has 0 aromatic carbocycles. The topological polar surface area (TPSA) is 50.4 Å². The van der Waals surface area contributed by atoms with Gasteiger partial charge in [-0.05, 0) is 25.3 Å². The molecule has 4 heteroatoms. The molecule has 2 unspecified atom stereocenters. The van der Waals surface area contributed by atoms with Gasteiger partial charge in [0, 0.05) is 19.2 Å². The maximum absolute atomic E-state index is 11.4. The van der Waals surface area contributed by atoms with Crippen molar-refractivity contribution in [2.24, 2.45) is 5.92 Å². The molecule has 1 amide bonds. The lowest BCUT2D eigenvalue weighted by Gasteiger charge is -2.28. The molecule has 1 rings (SSSR count). The Morgan fingerprint density at radius 3 is 3.00 bits per heavy atom. The summed E-state index contributed by atoms with van der Waals surface area (Å²) < 4.78 is 5.18. The summed E-state index contributed by atoms with van der Waals surface area (Å²) in [5.41, 5.74) is 0. The van der Waals surface area contributed by atoms with Crippen molar-refractivity contribution in [3.8, 4) is 0 Å². The second-order valence-corrected chi connectivity index (χ2v) is 4.32. The van der Waals surface area contributed by atoms with Crippen LogP contribution >= 0.6 is 0 Å². The molecule has 88 valence electrons. The number of carbonyl (C=O) groups is 1. The first-order valence-electron chi connectivity index (χ1n) is 5.80. The SMILES string of the molecule is CCCOCC(=O)NC1CNCC(C)C1. The van der Waals surface area contributed by atoms with Crippen molar-refractivity contribution < 1.29 is 9.53 Å². The zero-order chi connectivity index (χ0) is 11.1. The average Bonchev–Trinajstić information content (AvgIpc) is 2.18. The van der Waals surface area contributed by atoms with Crippen LogP contribution in [0.15, 0.2) is 0 Å². The van der Waals surface area contributed by atoms with Crippen molar-refractivity contribution >= 4 is 5.91 Å². The molecule has 2 N–H and O–H groups in total. The lowest BCUT2D eigenvalue weighted by atomic mass is 9.98. The summed E-state index contributed by atoms with van der Waals surface area (Å²) in [6.45, 7) is 7.01. The zero-order valence-corrected chi connectivity index (χ0v) is 9.71. The molecule has 1 saturated heterocycles. The Hall–Kier alpha value is -0.610. The van der Waals surface area contributed by atoms with Crippen LogP contribution in [-0.2, 0) is 9.53 Å². The molecule has 0 aromatic heterocycles. The van der Waals surface area contributed by atoms with Crippen molar-refractivity contribution in [1.82, 2.24) is 10.6 Å². The van der Waals surface area contributed by atoms with Crippen LogP contribution in [0.25, 0.3) is 0 Å². The highest BCUT2D eigenvalue weighted by Gasteiger charge is 2.19. The quantitative estimate of drug-likeness (QED) is 0.656. The molecule has 0 radical (unpaired) electrons. The van der Waals surface area contributed by atoms with Crippen LogP contribution in [0.3, 0.4) is 0 Å². The molecule has 0 saturated carbocycles. The number of nitrogens with one attached hydrogen (secondary N) is 2. The van der Waals surface area contributed by atoms with Gasteiger partial charge in [-0.25, -0.2) is 0 Å². The van der Waals surface area contributed by atoms with E-state index < -0.39 is 0 Å². The van der Waals surface area contributed by atoms with Gasteiger partial charge >= 0.3 is 0 Å². The van der Waals surface area contributed by atoms with Crippen molar-refractivity contribution in [2.45, 2.75) is 32.7 Å². The van der Waals surface area contributed by atoms with Crippen LogP contribution < -0.4 is 10.6 Å². The maximum Gasteiger partial charge on any atom is 0.246 e. The second-order valence-electron chi connectivity index (χ2n) is 4.32. The van der Waals surface area contributed by atoms with Crippen LogP contribution in [0, 0.1) is 5.92 Å². The molecule has 1 aliphatic heterocycles. The first kappa shape index (κ1) is 12.5. The van der Waals surface area contributed by atoms with E-state index in [0.717, 1.165) is 25.9 Å². The summed E-state index contributed by atoms with van der Waals surface area (Å²) >= 11 is 0. The minimum absolute atomic E-state index is 0.00403. The average molecular weight is 214 g/mol. The van der Waals surface area contributed by atoms with E-state index in [4.69, 9.17) is 4.74 Å². The van der Waals surface area contributed by atoms with Crippen molar-refractivity contribution in [2.75, 3.05) is 26.3 Å². The fourth-order valence-corrected chi connectivity index (χ4v) is 1.84. The highest BCUT2D eigenvalue weighted by Crippen LogP contribution is 2.08. The van der Waals surface area contributed by atoms with Crippen molar-refractivity contribution in [3.05, 3.63) is 0 Å². The van der Waals surface area contributed by atoms with E-state index >= 15 is 0 Å². The number of rotatable bonds is 5. The molecule has 2 atom stereocenters. The Bertz CT molecular complexity index is 197. The summed E-state index contributed by atoms with van der Waals surface area (Å²) in [5, 5.41) is 6.28. The minimum Gasteiger partial charge on any atom is -0.372 e. The lowest BCUT2D eigenvalue weighted by molar-refractivity contribution is -0.126. The number of piperidine rings is 1. The lowest BCUT2D eigenvalue weighted by Crippen LogP contribution is -2.49. The van der Waals surface area contributed by atoms with E-state index in [1.807, 2.05) is 6.92 Å². The van der Waals surface area contributed by atoms with Gasteiger partial charge in [0.05, 0.1) is 0 Å². The fraction of sp³-hybridized carbons (Fsp3) is 0.909. The predicted octanol–water partition coefficient (Wildman–Crippen LogP) is 0.527. The molecule has 4 nitrogen and oxygen atoms in total. The number of carbonyl (C=O) groups excluding carboxylic acids is 1. The third-order valence-corrected chi connectivity index (χ3v) is 2.52. The van der Waals surface area contributed by atoms with E-state index in [0.29, 0.717) is 12.5 Å². The Kier molecular flexibility index (Phi) is 5.65. The van der Waals surface area contributed by atoms with Crippen LogP contribution in [0.5, 0.6) is 0 Å².